The largest absolute Gasteiger partial charge is 2.00 e. The number of hydrogen-bond donors (Lipinski definition) is 0. The van der Waals surface area contributed by atoms with Gasteiger partial charge in [-0.2, -0.15) is 11.3 Å². The summed E-state index contributed by atoms with van der Waals surface area (Å²) in [6.07, 6.45) is 0. The number of ether oxygens (including phenoxy) is 1. The number of nitrogens with zero attached hydrogens (tertiary/aromatic N) is 2. The molecule has 192 valence electrons. The second kappa shape index (κ2) is 10.0. The first-order chi connectivity index (χ1) is 19.3. The summed E-state index contributed by atoms with van der Waals surface area (Å²) in [5.41, 5.74) is 5.02. The maximum Gasteiger partial charge on any atom is 2.00 e. The van der Waals surface area contributed by atoms with E-state index in [0.717, 1.165) is 44.5 Å². The molecule has 0 spiro atoms. The zero-order valence-electron chi connectivity index (χ0n) is 20.8. The Kier molecular flexibility index (Phi) is 6.19. The van der Waals surface area contributed by atoms with Crippen molar-refractivity contribution in [2.45, 2.75) is 0 Å². The van der Waals surface area contributed by atoms with Gasteiger partial charge >= 0.3 is 21.1 Å². The molecule has 0 unspecified atom stereocenters. The molecule has 8 aromatic rings. The maximum absolute atomic E-state index is 6.12. The fraction of sp³-hybridized carbons (Fsp3) is 0. The van der Waals surface area contributed by atoms with E-state index in [-0.39, 0.29) is 21.1 Å². The van der Waals surface area contributed by atoms with Crippen molar-refractivity contribution in [2.75, 3.05) is 0 Å². The molecular formula is C34H18N2O2PtS. The molecule has 8 rings (SSSR count). The van der Waals surface area contributed by atoms with Gasteiger partial charge in [-0.15, -0.1) is 47.5 Å². The van der Waals surface area contributed by atoms with E-state index in [9.17, 15) is 0 Å². The Morgan fingerprint density at radius 3 is 2.00 bits per heavy atom. The van der Waals surface area contributed by atoms with Crippen molar-refractivity contribution in [2.24, 2.45) is 0 Å². The minimum atomic E-state index is 0. The zero-order chi connectivity index (χ0) is 25.8. The average Bonchev–Trinajstić information content (AvgIpc) is 3.55. The van der Waals surface area contributed by atoms with Gasteiger partial charge in [-0.05, 0) is 45.7 Å². The van der Waals surface area contributed by atoms with Crippen LogP contribution >= 0.6 is 11.3 Å². The number of para-hydroxylation sites is 1. The third kappa shape index (κ3) is 4.28. The predicted octanol–water partition coefficient (Wildman–Crippen LogP) is 9.47. The molecule has 0 amide bonds. The van der Waals surface area contributed by atoms with Crippen LogP contribution < -0.4 is 4.74 Å². The third-order valence-corrected chi connectivity index (χ3v) is 7.96. The molecule has 0 aliphatic carbocycles. The summed E-state index contributed by atoms with van der Waals surface area (Å²) in [5.74, 6) is 0.937. The van der Waals surface area contributed by atoms with Crippen LogP contribution in [0, 0.1) is 12.1 Å². The first-order valence-corrected chi connectivity index (χ1v) is 13.4. The van der Waals surface area contributed by atoms with Crippen LogP contribution in [0.5, 0.6) is 11.8 Å². The van der Waals surface area contributed by atoms with E-state index in [0.29, 0.717) is 11.8 Å². The van der Waals surface area contributed by atoms with Gasteiger partial charge in [-0.3, -0.25) is 9.97 Å². The topological polar surface area (TPSA) is 48.2 Å². The Bertz CT molecular complexity index is 2030. The summed E-state index contributed by atoms with van der Waals surface area (Å²) in [4.78, 5) is 9.52. The summed E-state index contributed by atoms with van der Waals surface area (Å²) < 4.78 is 14.6. The van der Waals surface area contributed by atoms with Gasteiger partial charge in [0.2, 0.25) is 11.8 Å². The number of hydrogen-bond acceptors (Lipinski definition) is 5. The number of pyridine rings is 2. The molecule has 0 aliphatic rings. The molecule has 0 saturated carbocycles. The normalized spacial score (nSPS) is 11.3. The van der Waals surface area contributed by atoms with Crippen LogP contribution in [0.15, 0.2) is 114 Å². The Hall–Kier alpha value is -4.31. The molecule has 0 atom stereocenters. The average molecular weight is 714 g/mol. The fourth-order valence-electron chi connectivity index (χ4n) is 4.99. The van der Waals surface area contributed by atoms with Gasteiger partial charge in [0.15, 0.2) is 0 Å². The summed E-state index contributed by atoms with van der Waals surface area (Å²) in [6.45, 7) is 0. The van der Waals surface area contributed by atoms with Gasteiger partial charge in [-0.25, -0.2) is 0 Å². The molecule has 0 bridgehead atoms. The van der Waals surface area contributed by atoms with Gasteiger partial charge in [0.1, 0.15) is 5.58 Å². The molecule has 0 saturated heterocycles. The Morgan fingerprint density at radius 2 is 1.23 bits per heavy atom. The quantitative estimate of drug-likeness (QED) is 0.171. The number of benzene rings is 4. The van der Waals surface area contributed by atoms with Crippen LogP contribution in [0.2, 0.25) is 0 Å². The van der Waals surface area contributed by atoms with E-state index >= 15 is 0 Å². The van der Waals surface area contributed by atoms with E-state index in [4.69, 9.17) is 19.1 Å². The number of rotatable bonds is 4. The summed E-state index contributed by atoms with van der Waals surface area (Å²) >= 11 is 1.78. The molecule has 0 fully saturated rings. The fourth-order valence-corrected chi connectivity index (χ4v) is 6.05. The summed E-state index contributed by atoms with van der Waals surface area (Å²) in [5, 5.41) is 4.57. The van der Waals surface area contributed by atoms with Gasteiger partial charge < -0.3 is 9.15 Å². The van der Waals surface area contributed by atoms with Crippen molar-refractivity contribution < 1.29 is 30.2 Å². The van der Waals surface area contributed by atoms with E-state index in [2.05, 4.69) is 54.6 Å². The Balaban J connectivity index is 0.00000264. The van der Waals surface area contributed by atoms with Gasteiger partial charge in [-0.1, -0.05) is 71.4 Å². The van der Waals surface area contributed by atoms with E-state index in [1.165, 1.54) is 20.2 Å². The monoisotopic (exact) mass is 713 g/mol. The van der Waals surface area contributed by atoms with Crippen LogP contribution in [0.4, 0.5) is 0 Å². The molecule has 0 radical (unpaired) electrons. The molecule has 4 aromatic heterocycles. The van der Waals surface area contributed by atoms with Crippen molar-refractivity contribution in [3.05, 3.63) is 121 Å². The zero-order valence-corrected chi connectivity index (χ0v) is 23.9. The smallest absolute Gasteiger partial charge is 0.500 e. The number of fused-ring (bicyclic) bond motifs is 6. The molecule has 40 heavy (non-hydrogen) atoms. The number of thiophene rings is 1. The van der Waals surface area contributed by atoms with Crippen molar-refractivity contribution in [1.82, 2.24) is 9.97 Å². The van der Waals surface area contributed by atoms with Crippen LogP contribution in [0.3, 0.4) is 0 Å². The minimum Gasteiger partial charge on any atom is -0.500 e. The first-order valence-electron chi connectivity index (χ1n) is 12.6. The maximum atomic E-state index is 6.12. The van der Waals surface area contributed by atoms with Crippen LogP contribution in [-0.2, 0) is 21.1 Å². The molecule has 0 N–H and O–H groups in total. The molecule has 0 aliphatic heterocycles. The van der Waals surface area contributed by atoms with Crippen LogP contribution in [0.25, 0.3) is 64.6 Å². The third-order valence-electron chi connectivity index (χ3n) is 6.83. The molecule has 4 nitrogen and oxygen atoms in total. The van der Waals surface area contributed by atoms with Crippen molar-refractivity contribution in [3.63, 3.8) is 0 Å². The number of furan rings is 1. The van der Waals surface area contributed by atoms with E-state index < -0.39 is 0 Å². The molecule has 6 heteroatoms. The van der Waals surface area contributed by atoms with Crippen LogP contribution in [0.1, 0.15) is 0 Å². The Labute approximate surface area is 248 Å². The molecule has 4 aromatic carbocycles. The van der Waals surface area contributed by atoms with Gasteiger partial charge in [0.25, 0.3) is 0 Å². The van der Waals surface area contributed by atoms with Crippen molar-refractivity contribution >= 4 is 53.4 Å². The SMILES string of the molecule is [Pt+2].[c-]1cc2oc3ccccc3c2cc1-c1cccc(Oc2cccc(-c3[c-]cc4sc5ccccc5c4c3)n2)n1. The first kappa shape index (κ1) is 24.7. The predicted molar refractivity (Wildman–Crippen MR) is 157 cm³/mol. The summed E-state index contributed by atoms with van der Waals surface area (Å²) in [6, 6.07) is 42.8. The van der Waals surface area contributed by atoms with Crippen LogP contribution in [-0.4, -0.2) is 9.97 Å². The number of aromatic nitrogens is 2. The van der Waals surface area contributed by atoms with Gasteiger partial charge in [0, 0.05) is 10.1 Å². The van der Waals surface area contributed by atoms with Gasteiger partial charge in [0.05, 0.1) is 5.58 Å². The second-order valence-electron chi connectivity index (χ2n) is 9.27. The second-order valence-corrected chi connectivity index (χ2v) is 10.4. The Morgan fingerprint density at radius 1 is 0.575 bits per heavy atom. The van der Waals surface area contributed by atoms with E-state index in [1.54, 1.807) is 11.3 Å². The standard InChI is InChI=1S/C34H18N2O2S.Pt/c1-3-11-29-23(7-1)25-19-21(15-17-30(25)37-29)27-9-5-13-33(35-27)38-34-14-6-10-28(36-34)22-16-18-32-26(20-22)24-8-2-4-12-31(24)39-32;/h1-14,17-20H;/q-2;+2. The minimum absolute atomic E-state index is 0. The van der Waals surface area contributed by atoms with Crippen molar-refractivity contribution in [3.8, 4) is 34.3 Å². The molecular weight excluding hydrogens is 696 g/mol. The van der Waals surface area contributed by atoms with Crippen molar-refractivity contribution in [1.29, 1.82) is 0 Å². The molecule has 4 heterocycles. The summed E-state index contributed by atoms with van der Waals surface area (Å²) in [7, 11) is 0. The van der Waals surface area contributed by atoms with E-state index in [1.807, 2.05) is 66.7 Å².